The second-order valence-corrected chi connectivity index (χ2v) is 10.5. The summed E-state index contributed by atoms with van der Waals surface area (Å²) in [5, 5.41) is 0.687. The van der Waals surface area contributed by atoms with Gasteiger partial charge < -0.3 is 9.55 Å². The van der Waals surface area contributed by atoms with Crippen LogP contribution in [-0.4, -0.2) is 21.1 Å². The van der Waals surface area contributed by atoms with E-state index in [4.69, 9.17) is 0 Å². The SMILES string of the molecule is CCCCSCCCCCCCCCn1c(C)c(C)c2c3c(C(F)(F)F)cc(=O)[nH]c3ccc21. The molecule has 3 rings (SSSR count). The number of fused-ring (bicyclic) bond motifs is 3. The summed E-state index contributed by atoms with van der Waals surface area (Å²) in [6, 6.07) is 4.12. The number of nitrogens with zero attached hydrogens (tertiary/aromatic N) is 1. The minimum absolute atomic E-state index is 0.0943. The number of pyridine rings is 1. The van der Waals surface area contributed by atoms with Gasteiger partial charge in [0, 0.05) is 40.1 Å². The van der Waals surface area contributed by atoms with Crippen LogP contribution in [0.3, 0.4) is 0 Å². The molecule has 0 radical (unpaired) electrons. The monoisotopic (exact) mass is 494 g/mol. The standard InChI is InChI=1S/C27H37F3N2OS/c1-4-5-16-34-17-12-10-8-6-7-9-11-15-32-20(3)19(2)25-23(32)14-13-22-26(25)21(27(28,29)30)18-24(33)31-22/h13-14,18H,4-12,15-17H2,1-3H3,(H,31,33). The van der Waals surface area contributed by atoms with Gasteiger partial charge in [-0.05, 0) is 62.3 Å². The fourth-order valence-electron chi connectivity index (χ4n) is 4.73. The molecule has 0 aliphatic rings. The Morgan fingerprint density at radius 1 is 0.912 bits per heavy atom. The van der Waals surface area contributed by atoms with Crippen molar-refractivity contribution in [1.82, 2.24) is 9.55 Å². The Balaban J connectivity index is 1.62. The molecular weight excluding hydrogens is 457 g/mol. The lowest BCUT2D eigenvalue weighted by Gasteiger charge is -2.12. The van der Waals surface area contributed by atoms with Crippen molar-refractivity contribution in [3.63, 3.8) is 0 Å². The summed E-state index contributed by atoms with van der Waals surface area (Å²) >= 11 is 2.07. The average Bonchev–Trinajstić information content (AvgIpc) is 3.03. The summed E-state index contributed by atoms with van der Waals surface area (Å²) in [5.41, 5.74) is 1.28. The van der Waals surface area contributed by atoms with Crippen LogP contribution in [0.1, 0.15) is 81.5 Å². The maximum absolute atomic E-state index is 13.8. The Morgan fingerprint density at radius 3 is 2.24 bits per heavy atom. The molecule has 0 aliphatic carbocycles. The molecule has 0 saturated heterocycles. The van der Waals surface area contributed by atoms with E-state index in [-0.39, 0.29) is 10.9 Å². The first kappa shape index (κ1) is 26.7. The number of rotatable bonds is 13. The van der Waals surface area contributed by atoms with E-state index >= 15 is 0 Å². The zero-order valence-electron chi connectivity index (χ0n) is 20.6. The van der Waals surface area contributed by atoms with Crippen LogP contribution in [0.15, 0.2) is 23.0 Å². The van der Waals surface area contributed by atoms with Gasteiger partial charge in [0.2, 0.25) is 5.56 Å². The third-order valence-electron chi connectivity index (χ3n) is 6.72. The lowest BCUT2D eigenvalue weighted by molar-refractivity contribution is -0.136. The topological polar surface area (TPSA) is 37.8 Å². The summed E-state index contributed by atoms with van der Waals surface area (Å²) in [7, 11) is 0. The Bertz CT molecular complexity index is 1150. The molecule has 0 amide bonds. The lowest BCUT2D eigenvalue weighted by atomic mass is 10.0. The molecule has 0 aliphatic heterocycles. The first-order chi connectivity index (χ1) is 16.3. The number of H-pyrrole nitrogens is 1. The minimum Gasteiger partial charge on any atom is -0.345 e. The number of aryl methyl sites for hydroxylation is 2. The summed E-state index contributed by atoms with van der Waals surface area (Å²) in [5.74, 6) is 2.56. The van der Waals surface area contributed by atoms with Gasteiger partial charge in [0.1, 0.15) is 0 Å². The van der Waals surface area contributed by atoms with Crippen molar-refractivity contribution in [2.45, 2.75) is 91.3 Å². The molecule has 0 atom stereocenters. The van der Waals surface area contributed by atoms with Gasteiger partial charge >= 0.3 is 6.18 Å². The average molecular weight is 495 g/mol. The Kier molecular flexibility index (Phi) is 9.57. The molecule has 0 unspecified atom stereocenters. The third kappa shape index (κ3) is 6.41. The largest absolute Gasteiger partial charge is 0.417 e. The quantitative estimate of drug-likeness (QED) is 0.242. The van der Waals surface area contributed by atoms with Crippen LogP contribution in [0.4, 0.5) is 13.2 Å². The molecular formula is C27H37F3N2OS. The second kappa shape index (κ2) is 12.2. The predicted octanol–water partition coefficient (Wildman–Crippen LogP) is 8.38. The van der Waals surface area contributed by atoms with Crippen molar-refractivity contribution in [3.05, 3.63) is 45.4 Å². The van der Waals surface area contributed by atoms with Crippen molar-refractivity contribution in [2.24, 2.45) is 0 Å². The smallest absolute Gasteiger partial charge is 0.345 e. The van der Waals surface area contributed by atoms with E-state index in [0.29, 0.717) is 11.5 Å². The molecule has 34 heavy (non-hydrogen) atoms. The second-order valence-electron chi connectivity index (χ2n) is 9.23. The molecule has 2 aromatic heterocycles. The van der Waals surface area contributed by atoms with Gasteiger partial charge in [-0.25, -0.2) is 0 Å². The minimum atomic E-state index is -4.59. The molecule has 3 nitrogen and oxygen atoms in total. The Labute approximate surface area is 204 Å². The normalized spacial score (nSPS) is 12.3. The zero-order valence-corrected chi connectivity index (χ0v) is 21.4. The van der Waals surface area contributed by atoms with Crippen LogP contribution in [0, 0.1) is 13.8 Å². The molecule has 0 fully saturated rings. The van der Waals surface area contributed by atoms with Crippen LogP contribution in [0.5, 0.6) is 0 Å². The van der Waals surface area contributed by atoms with Crippen LogP contribution < -0.4 is 5.56 Å². The summed E-state index contributed by atoms with van der Waals surface area (Å²) in [6.07, 6.45) is 6.47. The molecule has 188 valence electrons. The number of nitrogens with one attached hydrogen (secondary N) is 1. The number of hydrogen-bond donors (Lipinski definition) is 1. The summed E-state index contributed by atoms with van der Waals surface area (Å²) in [6.45, 7) is 6.87. The molecule has 0 saturated carbocycles. The fraction of sp³-hybridized carbons (Fsp3) is 0.593. The molecule has 7 heteroatoms. The first-order valence-electron chi connectivity index (χ1n) is 12.6. The highest BCUT2D eigenvalue weighted by Crippen LogP contribution is 2.39. The van der Waals surface area contributed by atoms with Gasteiger partial charge in [-0.1, -0.05) is 45.4 Å². The molecule has 2 heterocycles. The van der Waals surface area contributed by atoms with E-state index in [1.54, 1.807) is 6.07 Å². The maximum Gasteiger partial charge on any atom is 0.417 e. The van der Waals surface area contributed by atoms with Gasteiger partial charge in [-0.2, -0.15) is 24.9 Å². The van der Waals surface area contributed by atoms with E-state index < -0.39 is 17.3 Å². The Morgan fingerprint density at radius 2 is 1.56 bits per heavy atom. The molecule has 0 bridgehead atoms. The molecule has 1 N–H and O–H groups in total. The number of aromatic nitrogens is 2. The highest BCUT2D eigenvalue weighted by molar-refractivity contribution is 7.99. The molecule has 3 aromatic rings. The number of halogens is 3. The lowest BCUT2D eigenvalue weighted by Crippen LogP contribution is -2.14. The molecule has 1 aromatic carbocycles. The van der Waals surface area contributed by atoms with Gasteiger partial charge in [-0.15, -0.1) is 0 Å². The van der Waals surface area contributed by atoms with Crippen LogP contribution in [0.2, 0.25) is 0 Å². The first-order valence-corrected chi connectivity index (χ1v) is 13.7. The Hall–Kier alpha value is -1.89. The number of alkyl halides is 3. The van der Waals surface area contributed by atoms with Crippen LogP contribution >= 0.6 is 11.8 Å². The number of benzene rings is 1. The van der Waals surface area contributed by atoms with Crippen molar-refractivity contribution in [1.29, 1.82) is 0 Å². The van der Waals surface area contributed by atoms with Gasteiger partial charge in [0.15, 0.2) is 0 Å². The fourth-order valence-corrected chi connectivity index (χ4v) is 5.84. The van der Waals surface area contributed by atoms with Crippen molar-refractivity contribution < 1.29 is 13.2 Å². The van der Waals surface area contributed by atoms with E-state index in [1.165, 1.54) is 56.5 Å². The van der Waals surface area contributed by atoms with Crippen LogP contribution in [-0.2, 0) is 12.7 Å². The zero-order chi connectivity index (χ0) is 24.7. The van der Waals surface area contributed by atoms with Crippen molar-refractivity contribution in [2.75, 3.05) is 11.5 Å². The highest BCUT2D eigenvalue weighted by Gasteiger charge is 2.34. The summed E-state index contributed by atoms with van der Waals surface area (Å²) in [4.78, 5) is 14.4. The number of unbranched alkanes of at least 4 members (excludes halogenated alkanes) is 7. The van der Waals surface area contributed by atoms with E-state index in [0.717, 1.165) is 36.2 Å². The number of hydrogen-bond acceptors (Lipinski definition) is 2. The van der Waals surface area contributed by atoms with E-state index in [9.17, 15) is 18.0 Å². The van der Waals surface area contributed by atoms with Gasteiger partial charge in [0.25, 0.3) is 0 Å². The highest BCUT2D eigenvalue weighted by atomic mass is 32.2. The predicted molar refractivity (Wildman–Crippen MR) is 139 cm³/mol. The van der Waals surface area contributed by atoms with E-state index in [2.05, 4.69) is 28.2 Å². The third-order valence-corrected chi connectivity index (χ3v) is 7.87. The number of aromatic amines is 1. The number of thioether (sulfide) groups is 1. The summed E-state index contributed by atoms with van der Waals surface area (Å²) < 4.78 is 43.5. The van der Waals surface area contributed by atoms with Gasteiger partial charge in [-0.3, -0.25) is 4.79 Å². The van der Waals surface area contributed by atoms with Crippen molar-refractivity contribution in [3.8, 4) is 0 Å². The van der Waals surface area contributed by atoms with Gasteiger partial charge in [0.05, 0.1) is 5.56 Å². The van der Waals surface area contributed by atoms with Crippen LogP contribution in [0.25, 0.3) is 21.8 Å². The van der Waals surface area contributed by atoms with E-state index in [1.807, 2.05) is 19.9 Å². The van der Waals surface area contributed by atoms with Crippen molar-refractivity contribution >= 4 is 33.6 Å². The maximum atomic E-state index is 13.8. The molecule has 0 spiro atoms.